The molecule has 0 spiro atoms. The summed E-state index contributed by atoms with van der Waals surface area (Å²) in [5.74, 6) is 1.39. The first-order valence-corrected chi connectivity index (χ1v) is 7.45. The molecule has 1 heterocycles. The lowest BCUT2D eigenvalue weighted by molar-refractivity contribution is -0.139. The highest BCUT2D eigenvalue weighted by Gasteiger charge is 2.38. The van der Waals surface area contributed by atoms with Gasteiger partial charge in [-0.05, 0) is 30.9 Å². The van der Waals surface area contributed by atoms with Crippen LogP contribution in [0.15, 0.2) is 24.3 Å². The third-order valence-corrected chi connectivity index (χ3v) is 3.74. The Labute approximate surface area is 120 Å². The number of rotatable bonds is 4. The number of hydrogen-bond acceptors (Lipinski definition) is 3. The Morgan fingerprint density at radius 2 is 2.15 bits per heavy atom. The fourth-order valence-corrected chi connectivity index (χ4v) is 2.63. The minimum absolute atomic E-state index is 0.128. The highest BCUT2D eigenvalue weighted by Crippen LogP contribution is 2.32. The lowest BCUT2D eigenvalue weighted by atomic mass is 10.1. The molecule has 2 aliphatic rings. The zero-order valence-electron chi connectivity index (χ0n) is 12.1. The van der Waals surface area contributed by atoms with E-state index in [0.717, 1.165) is 30.8 Å². The molecule has 1 amide bonds. The second-order valence-corrected chi connectivity index (χ2v) is 6.10. The van der Waals surface area contributed by atoms with Crippen LogP contribution in [0, 0.1) is 5.92 Å². The van der Waals surface area contributed by atoms with E-state index in [1.807, 2.05) is 29.2 Å². The van der Waals surface area contributed by atoms with Crippen LogP contribution in [-0.4, -0.2) is 36.0 Å². The SMILES string of the molecule is CC(C)CN(C(=O)C1CNc2ccccc2O1)C1CC1. The molecular weight excluding hydrogens is 252 g/mol. The highest BCUT2D eigenvalue weighted by atomic mass is 16.5. The number of para-hydroxylation sites is 2. The van der Waals surface area contributed by atoms with Crippen molar-refractivity contribution in [2.24, 2.45) is 5.92 Å². The monoisotopic (exact) mass is 274 g/mol. The van der Waals surface area contributed by atoms with Gasteiger partial charge in [0.15, 0.2) is 6.10 Å². The summed E-state index contributed by atoms with van der Waals surface area (Å²) in [4.78, 5) is 14.7. The fraction of sp³-hybridized carbons (Fsp3) is 0.562. The largest absolute Gasteiger partial charge is 0.477 e. The Kier molecular flexibility index (Phi) is 3.55. The molecule has 1 aromatic carbocycles. The molecule has 1 fully saturated rings. The van der Waals surface area contributed by atoms with Crippen LogP contribution in [0.2, 0.25) is 0 Å². The van der Waals surface area contributed by atoms with Gasteiger partial charge in [0.25, 0.3) is 5.91 Å². The Morgan fingerprint density at radius 3 is 2.85 bits per heavy atom. The zero-order chi connectivity index (χ0) is 14.1. The topological polar surface area (TPSA) is 41.6 Å². The van der Waals surface area contributed by atoms with Gasteiger partial charge in [0, 0.05) is 12.6 Å². The third-order valence-electron chi connectivity index (χ3n) is 3.74. The molecule has 0 radical (unpaired) electrons. The number of amides is 1. The van der Waals surface area contributed by atoms with Crippen LogP contribution >= 0.6 is 0 Å². The van der Waals surface area contributed by atoms with Gasteiger partial charge >= 0.3 is 0 Å². The van der Waals surface area contributed by atoms with Gasteiger partial charge in [0.1, 0.15) is 5.75 Å². The van der Waals surface area contributed by atoms with Crippen molar-refractivity contribution < 1.29 is 9.53 Å². The first-order chi connectivity index (χ1) is 9.65. The van der Waals surface area contributed by atoms with E-state index in [1.54, 1.807) is 0 Å². The molecule has 1 saturated carbocycles. The summed E-state index contributed by atoms with van der Waals surface area (Å²) in [5, 5.41) is 3.29. The molecule has 108 valence electrons. The second-order valence-electron chi connectivity index (χ2n) is 6.10. The van der Waals surface area contributed by atoms with E-state index in [4.69, 9.17) is 4.74 Å². The van der Waals surface area contributed by atoms with Crippen LogP contribution in [0.3, 0.4) is 0 Å². The molecule has 4 heteroatoms. The van der Waals surface area contributed by atoms with Crippen molar-refractivity contribution in [1.82, 2.24) is 4.90 Å². The first kappa shape index (κ1) is 13.3. The van der Waals surface area contributed by atoms with E-state index in [1.165, 1.54) is 0 Å². The van der Waals surface area contributed by atoms with Gasteiger partial charge in [-0.15, -0.1) is 0 Å². The molecule has 1 aromatic rings. The number of nitrogens with zero attached hydrogens (tertiary/aromatic N) is 1. The second kappa shape index (κ2) is 5.35. The standard InChI is InChI=1S/C16H22N2O2/c1-11(2)10-18(12-7-8-12)16(19)15-9-17-13-5-3-4-6-14(13)20-15/h3-6,11-12,15,17H,7-10H2,1-2H3. The molecule has 0 aromatic heterocycles. The van der Waals surface area contributed by atoms with E-state index in [-0.39, 0.29) is 5.91 Å². The Bertz CT molecular complexity index is 497. The molecule has 1 N–H and O–H groups in total. The van der Waals surface area contributed by atoms with Gasteiger partial charge < -0.3 is 15.0 Å². The van der Waals surface area contributed by atoms with Crippen LogP contribution in [0.25, 0.3) is 0 Å². The molecule has 1 atom stereocenters. The molecule has 4 nitrogen and oxygen atoms in total. The maximum atomic E-state index is 12.7. The van der Waals surface area contributed by atoms with Gasteiger partial charge in [0.2, 0.25) is 0 Å². The Hall–Kier alpha value is -1.71. The van der Waals surface area contributed by atoms with Crippen molar-refractivity contribution in [2.45, 2.75) is 38.8 Å². The van der Waals surface area contributed by atoms with E-state index in [2.05, 4.69) is 19.2 Å². The van der Waals surface area contributed by atoms with Crippen molar-refractivity contribution in [3.8, 4) is 5.75 Å². The highest BCUT2D eigenvalue weighted by molar-refractivity contribution is 5.83. The van der Waals surface area contributed by atoms with Gasteiger partial charge in [-0.1, -0.05) is 26.0 Å². The van der Waals surface area contributed by atoms with Crippen LogP contribution in [0.4, 0.5) is 5.69 Å². The predicted molar refractivity (Wildman–Crippen MR) is 78.9 cm³/mol. The van der Waals surface area contributed by atoms with Crippen molar-refractivity contribution in [1.29, 1.82) is 0 Å². The molecule has 3 rings (SSSR count). The molecule has 20 heavy (non-hydrogen) atoms. The summed E-state index contributed by atoms with van der Waals surface area (Å²) in [7, 11) is 0. The van der Waals surface area contributed by atoms with E-state index >= 15 is 0 Å². The van der Waals surface area contributed by atoms with Crippen LogP contribution in [0.5, 0.6) is 5.75 Å². The normalized spacial score (nSPS) is 20.9. The number of carbonyl (C=O) groups excluding carboxylic acids is 1. The quantitative estimate of drug-likeness (QED) is 0.917. The van der Waals surface area contributed by atoms with Crippen molar-refractivity contribution in [3.05, 3.63) is 24.3 Å². The molecule has 0 bridgehead atoms. The molecule has 1 aliphatic heterocycles. The first-order valence-electron chi connectivity index (χ1n) is 7.45. The predicted octanol–water partition coefficient (Wildman–Crippen LogP) is 2.51. The van der Waals surface area contributed by atoms with Crippen LogP contribution in [-0.2, 0) is 4.79 Å². The summed E-state index contributed by atoms with van der Waals surface area (Å²) >= 11 is 0. The van der Waals surface area contributed by atoms with Gasteiger partial charge in [-0.3, -0.25) is 4.79 Å². The van der Waals surface area contributed by atoms with Crippen molar-refractivity contribution >= 4 is 11.6 Å². The maximum absolute atomic E-state index is 12.7. The minimum atomic E-state index is -0.399. The lowest BCUT2D eigenvalue weighted by Gasteiger charge is -2.32. The summed E-state index contributed by atoms with van der Waals surface area (Å²) in [6, 6.07) is 8.21. The Balaban J connectivity index is 1.71. The smallest absolute Gasteiger partial charge is 0.265 e. The minimum Gasteiger partial charge on any atom is -0.477 e. The Morgan fingerprint density at radius 1 is 1.40 bits per heavy atom. The van der Waals surface area contributed by atoms with Crippen molar-refractivity contribution in [2.75, 3.05) is 18.4 Å². The van der Waals surface area contributed by atoms with Crippen LogP contribution < -0.4 is 10.1 Å². The van der Waals surface area contributed by atoms with Gasteiger partial charge in [-0.25, -0.2) is 0 Å². The summed E-state index contributed by atoms with van der Waals surface area (Å²) < 4.78 is 5.88. The fourth-order valence-electron chi connectivity index (χ4n) is 2.63. The maximum Gasteiger partial charge on any atom is 0.265 e. The number of benzene rings is 1. The molecular formula is C16H22N2O2. The van der Waals surface area contributed by atoms with Gasteiger partial charge in [-0.2, -0.15) is 0 Å². The number of nitrogens with one attached hydrogen (secondary N) is 1. The van der Waals surface area contributed by atoms with E-state index in [0.29, 0.717) is 18.5 Å². The average Bonchev–Trinajstić information content (AvgIpc) is 3.28. The third kappa shape index (κ3) is 2.74. The summed E-state index contributed by atoms with van der Waals surface area (Å²) in [5.41, 5.74) is 0.971. The summed E-state index contributed by atoms with van der Waals surface area (Å²) in [6.07, 6.45) is 1.87. The summed E-state index contributed by atoms with van der Waals surface area (Å²) in [6.45, 7) is 5.68. The number of hydrogen-bond donors (Lipinski definition) is 1. The van der Waals surface area contributed by atoms with Gasteiger partial charge in [0.05, 0.1) is 12.2 Å². The van der Waals surface area contributed by atoms with Crippen molar-refractivity contribution in [3.63, 3.8) is 0 Å². The van der Waals surface area contributed by atoms with E-state index in [9.17, 15) is 4.79 Å². The number of anilines is 1. The lowest BCUT2D eigenvalue weighted by Crippen LogP contribution is -2.48. The average molecular weight is 274 g/mol. The van der Waals surface area contributed by atoms with Crippen LogP contribution in [0.1, 0.15) is 26.7 Å². The zero-order valence-corrected chi connectivity index (χ0v) is 12.1. The van der Waals surface area contributed by atoms with E-state index < -0.39 is 6.10 Å². The number of carbonyl (C=O) groups is 1. The number of fused-ring (bicyclic) bond motifs is 1. The molecule has 1 unspecified atom stereocenters. The number of ether oxygens (including phenoxy) is 1. The molecule has 1 aliphatic carbocycles. The molecule has 0 saturated heterocycles.